The summed E-state index contributed by atoms with van der Waals surface area (Å²) in [4.78, 5) is 105. The highest BCUT2D eigenvalue weighted by Crippen LogP contribution is 2.33. The first-order chi connectivity index (χ1) is 66.8. The van der Waals surface area contributed by atoms with Crippen LogP contribution in [0.1, 0.15) is 153 Å². The van der Waals surface area contributed by atoms with Gasteiger partial charge in [-0.05, 0) is 149 Å². The van der Waals surface area contributed by atoms with Gasteiger partial charge in [0, 0.05) is 109 Å². The SMILES string of the molecule is CC(C)CNCc1cccc(Cn2nc3c(c2Nc2ccccc2)c(=O)n(C)c(=O)n3CC(C)C)c1.CC(C)Cn1c(=O)n(C)c(=O)c2c(Nc3ccccc3)n(Cc3ccc(C4CCCCN4)cc3)nc21.CC(C)Cn1c(=O)n(C)c(=O)c2c(Nc3ccccc3)n(Cc3cccc(CN)c3)nc21.CC(C)Cn1c(=O)n(C)c(=O)c2c(Nc3ccccc3)n(Cc3cccc(CNC(C)C)c3)nc21. The second-order valence-electron chi connectivity index (χ2n) is 38.4. The molecular weight excluding hydrogens is 1750 g/mol. The largest absolute Gasteiger partial charge is 0.340 e. The highest BCUT2D eigenvalue weighted by atomic mass is 16.2. The number of aromatic nitrogens is 16. The first-order valence-electron chi connectivity index (χ1n) is 48.1. The normalized spacial score (nSPS) is 12.7. The van der Waals surface area contributed by atoms with Crippen LogP contribution in [0.4, 0.5) is 46.0 Å². The van der Waals surface area contributed by atoms with Gasteiger partial charge in [-0.2, -0.15) is 20.4 Å². The maximum absolute atomic E-state index is 13.3. The highest BCUT2D eigenvalue weighted by Gasteiger charge is 2.29. The summed E-state index contributed by atoms with van der Waals surface area (Å²) < 4.78 is 18.3. The van der Waals surface area contributed by atoms with Crippen LogP contribution >= 0.6 is 0 Å². The third-order valence-electron chi connectivity index (χ3n) is 24.1. The van der Waals surface area contributed by atoms with E-state index in [0.29, 0.717) is 144 Å². The van der Waals surface area contributed by atoms with Crippen LogP contribution in [-0.2, 0) is 100 Å². The van der Waals surface area contributed by atoms with Crippen molar-refractivity contribution in [2.45, 2.75) is 186 Å². The van der Waals surface area contributed by atoms with Crippen molar-refractivity contribution in [1.82, 2.24) is 91.6 Å². The molecule has 0 amide bonds. The maximum atomic E-state index is 13.3. The molecule has 1 atom stereocenters. The first kappa shape index (κ1) is 100. The Morgan fingerprint density at radius 3 is 0.921 bits per heavy atom. The fourth-order valence-corrected chi connectivity index (χ4v) is 17.2. The zero-order valence-electron chi connectivity index (χ0n) is 82.6. The van der Waals surface area contributed by atoms with Gasteiger partial charge in [0.05, 0.1) is 26.2 Å². The zero-order valence-corrected chi connectivity index (χ0v) is 82.6. The predicted molar refractivity (Wildman–Crippen MR) is 558 cm³/mol. The van der Waals surface area contributed by atoms with Gasteiger partial charge in [0.25, 0.3) is 22.2 Å². The number of para-hydroxylation sites is 4. The van der Waals surface area contributed by atoms with Crippen molar-refractivity contribution in [3.63, 3.8) is 0 Å². The molecule has 139 heavy (non-hydrogen) atoms. The minimum Gasteiger partial charge on any atom is -0.340 e. The number of hydrogen-bond acceptors (Lipinski definition) is 20. The lowest BCUT2D eigenvalue weighted by Crippen LogP contribution is -2.38. The van der Waals surface area contributed by atoms with Crippen LogP contribution < -0.4 is 87.9 Å². The monoisotopic (exact) mass is 1880 g/mol. The Hall–Kier alpha value is -14.6. The molecule has 8 aromatic carbocycles. The lowest BCUT2D eigenvalue weighted by molar-refractivity contribution is 0.412. The molecule has 1 fully saturated rings. The number of benzene rings is 8. The minimum atomic E-state index is -0.370. The molecule has 0 bridgehead atoms. The molecule has 32 nitrogen and oxygen atoms in total. The van der Waals surface area contributed by atoms with Crippen LogP contribution in [0.2, 0.25) is 0 Å². The Morgan fingerprint density at radius 1 is 0.338 bits per heavy atom. The quantitative estimate of drug-likeness (QED) is 0.0189. The second-order valence-corrected chi connectivity index (χ2v) is 38.4. The van der Waals surface area contributed by atoms with Crippen molar-refractivity contribution in [1.29, 1.82) is 0 Å². The molecule has 728 valence electrons. The summed E-state index contributed by atoms with van der Waals surface area (Å²) in [5, 5.41) is 45.0. The standard InChI is InChI=1S/C28H34N6O2.C28H36N6O2.C27H34N6O2.C24H28N6O2/c1-19(2)17-33-26-24(27(35)32(3)28(33)36)25(30-22-9-5-4-6-10-22)34(31-26)18-20-12-14-21(15-13-20)23-11-7-8-16-29-23;1-19(2)15-29-16-21-10-9-11-22(14-21)18-34-25(30-23-12-7-6-8-13-23)24-26(31-34)33(17-20(3)4)28(36)32(5)27(24)35;1-18(2)16-32-25-23(26(34)31(5)27(32)35)24(29-22-12-7-6-8-13-22)33(30-25)17-21-11-9-10-20(14-21)15-28-19(3)4;1-16(2)14-29-22-20(23(31)28(3)24(29)32)21(26-19-10-5-4-6-11-19)30(27-22)15-18-9-7-8-17(12-18)13-25/h4-6,9-10,12-15,19,23,29-30H,7-8,11,16-18H2,1-3H3;6-14,19-20,29-30H,15-18H2,1-5H3;6-14,18-19,28-29H,15-17H2,1-5H3;4-12,16,26H,13-15,25H2,1-3H3. The van der Waals surface area contributed by atoms with E-state index in [1.807, 2.05) is 218 Å². The first-order valence-corrected chi connectivity index (χ1v) is 48.1. The maximum Gasteiger partial charge on any atom is 0.332 e. The van der Waals surface area contributed by atoms with Gasteiger partial charge in [0.2, 0.25) is 0 Å². The van der Waals surface area contributed by atoms with E-state index < -0.39 is 0 Å². The van der Waals surface area contributed by atoms with Crippen LogP contribution in [-0.4, -0.2) is 94.8 Å². The Bertz CT molecular complexity index is 7470. The van der Waals surface area contributed by atoms with Gasteiger partial charge >= 0.3 is 22.8 Å². The molecule has 0 spiro atoms. The lowest BCUT2D eigenvalue weighted by Gasteiger charge is -2.24. The van der Waals surface area contributed by atoms with Gasteiger partial charge in [-0.25, -0.2) is 37.9 Å². The molecule has 9 heterocycles. The second kappa shape index (κ2) is 45.6. The van der Waals surface area contributed by atoms with Crippen molar-refractivity contribution in [2.24, 2.45) is 63.5 Å². The third kappa shape index (κ3) is 24.2. The van der Waals surface area contributed by atoms with Gasteiger partial charge in [-0.15, -0.1) is 0 Å². The van der Waals surface area contributed by atoms with E-state index in [2.05, 4.69) is 126 Å². The van der Waals surface area contributed by atoms with Crippen molar-refractivity contribution in [2.75, 3.05) is 34.4 Å². The summed E-state index contributed by atoms with van der Waals surface area (Å²) in [5.41, 5.74) is 16.8. The molecule has 1 aliphatic heterocycles. The van der Waals surface area contributed by atoms with E-state index in [9.17, 15) is 38.4 Å². The van der Waals surface area contributed by atoms with E-state index in [1.165, 1.54) is 71.4 Å². The van der Waals surface area contributed by atoms with Crippen molar-refractivity contribution in [3.05, 3.63) is 346 Å². The summed E-state index contributed by atoms with van der Waals surface area (Å²) >= 11 is 0. The van der Waals surface area contributed by atoms with E-state index in [1.54, 1.807) is 32.3 Å². The molecule has 0 saturated carbocycles. The topological polar surface area (TPSA) is 358 Å². The minimum absolute atomic E-state index is 0.213. The summed E-state index contributed by atoms with van der Waals surface area (Å²) in [7, 11) is 6.09. The number of fused-ring (bicyclic) bond motifs is 4. The Morgan fingerprint density at radius 2 is 0.633 bits per heavy atom. The molecule has 8 aromatic heterocycles. The number of nitrogens with zero attached hydrogens (tertiary/aromatic N) is 16. The van der Waals surface area contributed by atoms with Gasteiger partial charge in [-0.1, -0.05) is 259 Å². The molecule has 1 saturated heterocycles. The summed E-state index contributed by atoms with van der Waals surface area (Å²) in [5.74, 6) is 3.76. The Kier molecular flexibility index (Phi) is 32.9. The molecule has 1 aliphatic rings. The average molecular weight is 1880 g/mol. The van der Waals surface area contributed by atoms with Crippen LogP contribution in [0.15, 0.2) is 257 Å². The number of nitrogens with one attached hydrogen (secondary N) is 7. The van der Waals surface area contributed by atoms with Crippen molar-refractivity contribution >= 4 is 90.2 Å². The molecule has 32 heteroatoms. The van der Waals surface area contributed by atoms with Crippen LogP contribution in [0.3, 0.4) is 0 Å². The number of rotatable bonds is 33. The predicted octanol–water partition coefficient (Wildman–Crippen LogP) is 14.9. The molecule has 0 radical (unpaired) electrons. The van der Waals surface area contributed by atoms with Gasteiger partial charge in [0.15, 0.2) is 22.6 Å². The number of hydrogen-bond donors (Lipinski definition) is 8. The van der Waals surface area contributed by atoms with Crippen molar-refractivity contribution in [3.8, 4) is 0 Å². The van der Waals surface area contributed by atoms with Crippen LogP contribution in [0.25, 0.3) is 44.1 Å². The summed E-state index contributed by atoms with van der Waals surface area (Å²) in [6, 6.07) is 72.8. The molecule has 16 aromatic rings. The molecule has 0 aliphatic carbocycles. The van der Waals surface area contributed by atoms with Crippen molar-refractivity contribution < 1.29 is 0 Å². The molecule has 9 N–H and O–H groups in total. The Labute approximate surface area is 807 Å². The molecule has 1 unspecified atom stereocenters. The average Bonchev–Trinajstić information content (AvgIpc) is 1.61. The third-order valence-corrected chi connectivity index (χ3v) is 24.1. The van der Waals surface area contributed by atoms with E-state index in [-0.39, 0.29) is 68.7 Å². The smallest absolute Gasteiger partial charge is 0.332 e. The van der Waals surface area contributed by atoms with Crippen LogP contribution in [0.5, 0.6) is 0 Å². The zero-order chi connectivity index (χ0) is 99.0. The van der Waals surface area contributed by atoms with Gasteiger partial charge in [-0.3, -0.25) is 55.7 Å². The fourth-order valence-electron chi connectivity index (χ4n) is 17.2. The summed E-state index contributed by atoms with van der Waals surface area (Å²) in [6.45, 7) is 32.7. The number of piperidine rings is 1. The van der Waals surface area contributed by atoms with E-state index in [0.717, 1.165) is 87.7 Å². The number of nitrogens with two attached hydrogens (primary N) is 1. The fraction of sp³-hybridized carbons (Fsp3) is 0.364. The number of anilines is 8. The van der Waals surface area contributed by atoms with Gasteiger partial charge < -0.3 is 43.0 Å². The summed E-state index contributed by atoms with van der Waals surface area (Å²) in [6.07, 6.45) is 3.65. The van der Waals surface area contributed by atoms with Gasteiger partial charge in [0.1, 0.15) is 44.8 Å². The molecular formula is C107H132N24O8. The Balaban J connectivity index is 0.000000148. The lowest BCUT2D eigenvalue weighted by atomic mass is 9.97. The molecule has 17 rings (SSSR count). The van der Waals surface area contributed by atoms with E-state index >= 15 is 0 Å². The van der Waals surface area contributed by atoms with E-state index in [4.69, 9.17) is 26.1 Å². The van der Waals surface area contributed by atoms with Crippen LogP contribution in [0, 0.1) is 29.6 Å². The highest BCUT2D eigenvalue weighted by molar-refractivity contribution is 5.92.